The van der Waals surface area contributed by atoms with Crippen molar-refractivity contribution < 1.29 is 9.53 Å². The van der Waals surface area contributed by atoms with Gasteiger partial charge in [-0.1, -0.05) is 19.3 Å². The molecule has 1 heterocycles. The van der Waals surface area contributed by atoms with Gasteiger partial charge in [0.25, 0.3) is 0 Å². The van der Waals surface area contributed by atoms with E-state index in [0.29, 0.717) is 6.61 Å². The van der Waals surface area contributed by atoms with E-state index in [1.165, 1.54) is 6.42 Å². The Morgan fingerprint density at radius 1 is 1.25 bits per heavy atom. The number of hydrogen-bond acceptors (Lipinski definition) is 3. The van der Waals surface area contributed by atoms with Gasteiger partial charge in [-0.3, -0.25) is 4.79 Å². The number of ether oxygens (including phenoxy) is 1. The Morgan fingerprint density at radius 2 is 2.00 bits per heavy atom. The van der Waals surface area contributed by atoms with Crippen LogP contribution in [0.5, 0.6) is 0 Å². The van der Waals surface area contributed by atoms with Crippen LogP contribution in [0.2, 0.25) is 0 Å². The van der Waals surface area contributed by atoms with E-state index in [1.54, 1.807) is 0 Å². The van der Waals surface area contributed by atoms with Gasteiger partial charge in [0, 0.05) is 6.61 Å². The van der Waals surface area contributed by atoms with Gasteiger partial charge >= 0.3 is 0 Å². The van der Waals surface area contributed by atoms with Crippen LogP contribution in [0, 0.1) is 0 Å². The van der Waals surface area contributed by atoms with Crippen LogP contribution in [0.15, 0.2) is 0 Å². The van der Waals surface area contributed by atoms with E-state index in [0.717, 1.165) is 45.1 Å². The number of nitrogens with one attached hydrogen (secondary N) is 1. The molecule has 3 N–H and O–H groups in total. The van der Waals surface area contributed by atoms with Gasteiger partial charge in [-0.25, -0.2) is 0 Å². The lowest BCUT2D eigenvalue weighted by atomic mass is 9.81. The van der Waals surface area contributed by atoms with E-state index < -0.39 is 5.54 Å². The fourth-order valence-corrected chi connectivity index (χ4v) is 2.59. The van der Waals surface area contributed by atoms with Crippen LogP contribution >= 0.6 is 0 Å². The maximum absolute atomic E-state index is 12.1. The average Bonchev–Trinajstić information content (AvgIpc) is 2.31. The Balaban J connectivity index is 1.85. The van der Waals surface area contributed by atoms with Crippen molar-refractivity contribution in [1.82, 2.24) is 5.32 Å². The summed E-state index contributed by atoms with van der Waals surface area (Å²) in [6.45, 7) is 1.46. The third kappa shape index (κ3) is 2.74. The van der Waals surface area contributed by atoms with E-state index >= 15 is 0 Å². The minimum atomic E-state index is -0.615. The summed E-state index contributed by atoms with van der Waals surface area (Å²) >= 11 is 0. The van der Waals surface area contributed by atoms with Crippen LogP contribution in [0.25, 0.3) is 0 Å². The van der Waals surface area contributed by atoms with Crippen molar-refractivity contribution in [2.75, 3.05) is 13.2 Å². The Morgan fingerprint density at radius 3 is 2.62 bits per heavy atom. The lowest BCUT2D eigenvalue weighted by Crippen LogP contribution is -2.58. The van der Waals surface area contributed by atoms with Gasteiger partial charge in [0.05, 0.1) is 18.2 Å². The second kappa shape index (κ2) is 5.15. The molecule has 0 radical (unpaired) electrons. The molecule has 0 bridgehead atoms. The fourth-order valence-electron chi connectivity index (χ4n) is 2.59. The molecule has 0 aromatic carbocycles. The second-order valence-corrected chi connectivity index (χ2v) is 5.10. The van der Waals surface area contributed by atoms with Gasteiger partial charge in [0.2, 0.25) is 5.91 Å². The van der Waals surface area contributed by atoms with Crippen LogP contribution in [-0.4, -0.2) is 30.7 Å². The van der Waals surface area contributed by atoms with Crippen molar-refractivity contribution in [3.8, 4) is 0 Å². The van der Waals surface area contributed by atoms with Crippen molar-refractivity contribution in [2.45, 2.75) is 56.5 Å². The molecule has 16 heavy (non-hydrogen) atoms. The predicted molar refractivity (Wildman–Crippen MR) is 62.0 cm³/mol. The molecule has 1 aliphatic carbocycles. The highest BCUT2D eigenvalue weighted by molar-refractivity contribution is 5.86. The molecule has 92 valence electrons. The summed E-state index contributed by atoms with van der Waals surface area (Å²) in [7, 11) is 0. The average molecular weight is 226 g/mol. The zero-order valence-corrected chi connectivity index (χ0v) is 9.84. The lowest BCUT2D eigenvalue weighted by molar-refractivity contribution is -0.129. The molecule has 1 unspecified atom stereocenters. The molecule has 1 aliphatic heterocycles. The molecule has 2 fully saturated rings. The molecule has 2 aliphatic rings. The second-order valence-electron chi connectivity index (χ2n) is 5.10. The van der Waals surface area contributed by atoms with Crippen molar-refractivity contribution in [3.63, 3.8) is 0 Å². The van der Waals surface area contributed by atoms with Gasteiger partial charge in [0.15, 0.2) is 0 Å². The zero-order valence-electron chi connectivity index (χ0n) is 9.84. The quantitative estimate of drug-likeness (QED) is 0.736. The van der Waals surface area contributed by atoms with Gasteiger partial charge in [-0.05, 0) is 25.7 Å². The van der Waals surface area contributed by atoms with Crippen molar-refractivity contribution in [2.24, 2.45) is 5.73 Å². The Kier molecular flexibility index (Phi) is 3.82. The monoisotopic (exact) mass is 226 g/mol. The highest BCUT2D eigenvalue weighted by atomic mass is 16.5. The van der Waals surface area contributed by atoms with Crippen molar-refractivity contribution >= 4 is 5.91 Å². The zero-order chi connectivity index (χ0) is 11.4. The molecule has 2 rings (SSSR count). The Labute approximate surface area is 96.9 Å². The highest BCUT2D eigenvalue weighted by Gasteiger charge is 2.36. The number of hydrogen-bond donors (Lipinski definition) is 2. The number of rotatable bonds is 2. The first kappa shape index (κ1) is 11.9. The first-order chi connectivity index (χ1) is 7.71. The van der Waals surface area contributed by atoms with E-state index in [2.05, 4.69) is 5.32 Å². The molecule has 0 aromatic heterocycles. The predicted octanol–water partition coefficient (Wildman–Crippen LogP) is 0.943. The van der Waals surface area contributed by atoms with E-state index in [-0.39, 0.29) is 11.9 Å². The highest BCUT2D eigenvalue weighted by Crippen LogP contribution is 2.26. The standard InChI is InChI=1S/C12H22N2O2/c13-12(6-2-1-3-7-12)11(15)14-10-5-4-8-16-9-10/h10H,1-9,13H2,(H,14,15). The number of carbonyl (C=O) groups is 1. The van der Waals surface area contributed by atoms with Crippen LogP contribution in [-0.2, 0) is 9.53 Å². The minimum Gasteiger partial charge on any atom is -0.379 e. The smallest absolute Gasteiger partial charge is 0.240 e. The third-order valence-electron chi connectivity index (χ3n) is 3.69. The van der Waals surface area contributed by atoms with Crippen LogP contribution in [0.3, 0.4) is 0 Å². The lowest BCUT2D eigenvalue weighted by Gasteiger charge is -2.34. The number of carbonyl (C=O) groups excluding carboxylic acids is 1. The molecule has 1 saturated carbocycles. The maximum atomic E-state index is 12.1. The molecular formula is C12H22N2O2. The normalized spacial score (nSPS) is 29.7. The van der Waals surface area contributed by atoms with E-state index in [1.807, 2.05) is 0 Å². The summed E-state index contributed by atoms with van der Waals surface area (Å²) in [6, 6.07) is 0.170. The van der Waals surface area contributed by atoms with E-state index in [4.69, 9.17) is 10.5 Å². The van der Waals surface area contributed by atoms with Gasteiger partial charge in [-0.15, -0.1) is 0 Å². The summed E-state index contributed by atoms with van der Waals surface area (Å²) in [5, 5.41) is 3.04. The van der Waals surface area contributed by atoms with Crippen LogP contribution < -0.4 is 11.1 Å². The first-order valence-corrected chi connectivity index (χ1v) is 6.38. The SMILES string of the molecule is NC1(C(=O)NC2CCCOC2)CCCCC1. The minimum absolute atomic E-state index is 0.0303. The molecular weight excluding hydrogens is 204 g/mol. The van der Waals surface area contributed by atoms with E-state index in [9.17, 15) is 4.79 Å². The summed E-state index contributed by atoms with van der Waals surface area (Å²) in [5.41, 5.74) is 5.55. The molecule has 1 amide bonds. The Bertz CT molecular complexity index is 243. The largest absolute Gasteiger partial charge is 0.379 e. The molecule has 4 heteroatoms. The molecule has 1 saturated heterocycles. The summed E-state index contributed by atoms with van der Waals surface area (Å²) in [6.07, 6.45) is 7.05. The van der Waals surface area contributed by atoms with Crippen molar-refractivity contribution in [1.29, 1.82) is 0 Å². The topological polar surface area (TPSA) is 64.4 Å². The van der Waals surface area contributed by atoms with Crippen LogP contribution in [0.4, 0.5) is 0 Å². The van der Waals surface area contributed by atoms with Gasteiger partial charge in [0.1, 0.15) is 0 Å². The summed E-state index contributed by atoms with van der Waals surface area (Å²) in [5.74, 6) is 0.0303. The Hall–Kier alpha value is -0.610. The van der Waals surface area contributed by atoms with Gasteiger partial charge < -0.3 is 15.8 Å². The van der Waals surface area contributed by atoms with Crippen LogP contribution in [0.1, 0.15) is 44.9 Å². The molecule has 0 spiro atoms. The summed E-state index contributed by atoms with van der Waals surface area (Å²) in [4.78, 5) is 12.1. The first-order valence-electron chi connectivity index (χ1n) is 6.38. The molecule has 0 aromatic rings. The van der Waals surface area contributed by atoms with Gasteiger partial charge in [-0.2, -0.15) is 0 Å². The fraction of sp³-hybridized carbons (Fsp3) is 0.917. The number of amides is 1. The molecule has 1 atom stereocenters. The third-order valence-corrected chi connectivity index (χ3v) is 3.69. The maximum Gasteiger partial charge on any atom is 0.240 e. The number of nitrogens with two attached hydrogens (primary N) is 1. The molecule has 4 nitrogen and oxygen atoms in total. The van der Waals surface area contributed by atoms with Crippen molar-refractivity contribution in [3.05, 3.63) is 0 Å². The summed E-state index contributed by atoms with van der Waals surface area (Å²) < 4.78 is 5.35.